The minimum Gasteiger partial charge on any atom is -0.423 e. The maximum Gasteiger partial charge on any atom is 0.297 e. The lowest BCUT2D eigenvalue weighted by Gasteiger charge is -2.07. The molecule has 0 unspecified atom stereocenters. The lowest BCUT2D eigenvalue weighted by Crippen LogP contribution is -2.14. The monoisotopic (exact) mass is 271 g/mol. The van der Waals surface area contributed by atoms with E-state index in [0.29, 0.717) is 11.6 Å². The second kappa shape index (κ2) is 4.88. The highest BCUT2D eigenvalue weighted by Crippen LogP contribution is 2.23. The van der Waals surface area contributed by atoms with Crippen molar-refractivity contribution in [3.05, 3.63) is 36.0 Å². The molecule has 0 bridgehead atoms. The number of benzene rings is 1. The van der Waals surface area contributed by atoms with Crippen molar-refractivity contribution in [2.45, 2.75) is 6.92 Å². The molecule has 3 aromatic rings. The van der Waals surface area contributed by atoms with E-state index in [2.05, 4.69) is 36.1 Å². The minimum atomic E-state index is -0.438. The maximum absolute atomic E-state index is 11.8. The number of nitrogens with one attached hydrogen (secondary N) is 2. The summed E-state index contributed by atoms with van der Waals surface area (Å²) < 4.78 is 5.11. The van der Waals surface area contributed by atoms with E-state index in [0.717, 1.165) is 11.1 Å². The predicted octanol–water partition coefficient (Wildman–Crippen LogP) is 0.810. The van der Waals surface area contributed by atoms with Crippen molar-refractivity contribution in [2.24, 2.45) is 0 Å². The number of rotatable bonds is 3. The van der Waals surface area contributed by atoms with Gasteiger partial charge in [0.25, 0.3) is 11.7 Å². The van der Waals surface area contributed by atoms with Crippen LogP contribution in [0.3, 0.4) is 0 Å². The fourth-order valence-corrected chi connectivity index (χ4v) is 1.67. The first-order valence-corrected chi connectivity index (χ1v) is 5.66. The molecule has 0 spiro atoms. The van der Waals surface area contributed by atoms with Gasteiger partial charge in [-0.3, -0.25) is 4.79 Å². The predicted molar refractivity (Wildman–Crippen MR) is 66.6 cm³/mol. The summed E-state index contributed by atoms with van der Waals surface area (Å²) >= 11 is 0. The van der Waals surface area contributed by atoms with Gasteiger partial charge in [0.2, 0.25) is 12.3 Å². The van der Waals surface area contributed by atoms with Crippen LogP contribution in [0.4, 0.5) is 5.69 Å². The van der Waals surface area contributed by atoms with Crippen molar-refractivity contribution >= 4 is 11.6 Å². The number of carbonyl (C=O) groups is 1. The van der Waals surface area contributed by atoms with Gasteiger partial charge in [-0.1, -0.05) is 0 Å². The Kier molecular flexibility index (Phi) is 2.92. The third-order valence-corrected chi connectivity index (χ3v) is 2.63. The molecule has 0 aliphatic carbocycles. The molecule has 2 heterocycles. The molecule has 0 saturated carbocycles. The molecule has 0 aliphatic heterocycles. The maximum atomic E-state index is 11.8. The summed E-state index contributed by atoms with van der Waals surface area (Å²) in [4.78, 5) is 11.8. The van der Waals surface area contributed by atoms with Crippen molar-refractivity contribution in [3.63, 3.8) is 0 Å². The molecule has 9 heteroatoms. The van der Waals surface area contributed by atoms with Gasteiger partial charge in [0, 0.05) is 11.3 Å². The minimum absolute atomic E-state index is 0.0228. The molecule has 0 atom stereocenters. The quantitative estimate of drug-likeness (QED) is 0.722. The third-order valence-electron chi connectivity index (χ3n) is 2.63. The number of aryl methyl sites for hydroxylation is 1. The fraction of sp³-hybridized carbons (Fsp3) is 0.0909. The van der Waals surface area contributed by atoms with Crippen LogP contribution in [-0.2, 0) is 0 Å². The SMILES string of the molecule is Cc1cc(-c2nnco2)ccc1NC(=O)c1nn[nH]n1. The second-order valence-corrected chi connectivity index (χ2v) is 3.96. The molecule has 1 amide bonds. The zero-order valence-electron chi connectivity index (χ0n) is 10.4. The Morgan fingerprint density at radius 2 is 2.25 bits per heavy atom. The van der Waals surface area contributed by atoms with E-state index in [1.165, 1.54) is 6.39 Å². The van der Waals surface area contributed by atoms with Crippen molar-refractivity contribution < 1.29 is 9.21 Å². The lowest BCUT2D eigenvalue weighted by molar-refractivity contribution is 0.101. The van der Waals surface area contributed by atoms with Crippen LogP contribution in [0.25, 0.3) is 11.5 Å². The molecule has 3 rings (SSSR count). The van der Waals surface area contributed by atoms with Crippen LogP contribution in [-0.4, -0.2) is 36.7 Å². The number of aromatic amines is 1. The molecule has 2 aromatic heterocycles. The summed E-state index contributed by atoms with van der Waals surface area (Å²) in [7, 11) is 0. The van der Waals surface area contributed by atoms with E-state index in [-0.39, 0.29) is 5.82 Å². The summed E-state index contributed by atoms with van der Waals surface area (Å²) in [5.74, 6) is -0.0399. The number of H-pyrrole nitrogens is 1. The zero-order valence-corrected chi connectivity index (χ0v) is 10.4. The molecular weight excluding hydrogens is 262 g/mol. The Morgan fingerprint density at radius 1 is 1.35 bits per heavy atom. The van der Waals surface area contributed by atoms with Crippen LogP contribution < -0.4 is 5.32 Å². The molecule has 0 fully saturated rings. The number of amides is 1. The number of hydrogen-bond donors (Lipinski definition) is 2. The Labute approximate surface area is 112 Å². The highest BCUT2D eigenvalue weighted by atomic mass is 16.4. The smallest absolute Gasteiger partial charge is 0.297 e. The largest absolute Gasteiger partial charge is 0.423 e. The average molecular weight is 271 g/mol. The van der Waals surface area contributed by atoms with Gasteiger partial charge >= 0.3 is 0 Å². The Hall–Kier alpha value is -3.10. The van der Waals surface area contributed by atoms with Gasteiger partial charge < -0.3 is 9.73 Å². The number of anilines is 1. The van der Waals surface area contributed by atoms with Gasteiger partial charge in [-0.05, 0) is 35.9 Å². The first kappa shape index (κ1) is 12.0. The van der Waals surface area contributed by atoms with Crippen LogP contribution in [0.15, 0.2) is 29.0 Å². The first-order valence-electron chi connectivity index (χ1n) is 5.66. The van der Waals surface area contributed by atoms with Crippen LogP contribution in [0, 0.1) is 6.92 Å². The van der Waals surface area contributed by atoms with Crippen LogP contribution in [0.1, 0.15) is 16.2 Å². The van der Waals surface area contributed by atoms with Gasteiger partial charge in [-0.2, -0.15) is 5.21 Å². The fourth-order valence-electron chi connectivity index (χ4n) is 1.67. The number of nitrogens with zero attached hydrogens (tertiary/aromatic N) is 5. The van der Waals surface area contributed by atoms with E-state index in [9.17, 15) is 4.79 Å². The van der Waals surface area contributed by atoms with E-state index in [1.54, 1.807) is 12.1 Å². The molecule has 0 saturated heterocycles. The number of hydrogen-bond acceptors (Lipinski definition) is 7. The summed E-state index contributed by atoms with van der Waals surface area (Å²) in [5, 5.41) is 22.9. The highest BCUT2D eigenvalue weighted by Gasteiger charge is 2.13. The molecule has 20 heavy (non-hydrogen) atoms. The molecule has 100 valence electrons. The van der Waals surface area contributed by atoms with Gasteiger partial charge in [0.15, 0.2) is 0 Å². The Balaban J connectivity index is 1.83. The van der Waals surface area contributed by atoms with Crippen molar-refractivity contribution in [2.75, 3.05) is 5.32 Å². The summed E-state index contributed by atoms with van der Waals surface area (Å²) in [5.41, 5.74) is 2.26. The number of tetrazole rings is 1. The summed E-state index contributed by atoms with van der Waals surface area (Å²) in [6.45, 7) is 1.85. The van der Waals surface area contributed by atoms with Gasteiger partial charge in [0.1, 0.15) is 0 Å². The first-order chi connectivity index (χ1) is 9.74. The van der Waals surface area contributed by atoms with Crippen molar-refractivity contribution in [1.82, 2.24) is 30.8 Å². The van der Waals surface area contributed by atoms with Crippen LogP contribution in [0.2, 0.25) is 0 Å². The zero-order chi connectivity index (χ0) is 13.9. The standard InChI is InChI=1S/C11H9N7O2/c1-6-4-7(11-16-12-5-20-11)2-3-8(6)13-10(19)9-14-17-18-15-9/h2-5H,1H3,(H,13,19)(H,14,15,17,18). The summed E-state index contributed by atoms with van der Waals surface area (Å²) in [6, 6.07) is 5.35. The lowest BCUT2D eigenvalue weighted by atomic mass is 10.1. The molecule has 9 nitrogen and oxygen atoms in total. The van der Waals surface area contributed by atoms with E-state index < -0.39 is 5.91 Å². The Morgan fingerprint density at radius 3 is 2.90 bits per heavy atom. The van der Waals surface area contributed by atoms with Gasteiger partial charge in [-0.15, -0.1) is 20.4 Å². The second-order valence-electron chi connectivity index (χ2n) is 3.96. The molecule has 2 N–H and O–H groups in total. The Bertz CT molecular complexity index is 721. The van der Waals surface area contributed by atoms with Gasteiger partial charge in [0.05, 0.1) is 0 Å². The van der Waals surface area contributed by atoms with Crippen molar-refractivity contribution in [3.8, 4) is 11.5 Å². The van der Waals surface area contributed by atoms with Crippen molar-refractivity contribution in [1.29, 1.82) is 0 Å². The highest BCUT2D eigenvalue weighted by molar-refractivity contribution is 6.01. The molecule has 0 aliphatic rings. The molecule has 0 radical (unpaired) electrons. The van der Waals surface area contributed by atoms with E-state index >= 15 is 0 Å². The van der Waals surface area contributed by atoms with E-state index in [4.69, 9.17) is 4.42 Å². The van der Waals surface area contributed by atoms with E-state index in [1.807, 2.05) is 13.0 Å². The number of carbonyl (C=O) groups excluding carboxylic acids is 1. The van der Waals surface area contributed by atoms with Crippen LogP contribution >= 0.6 is 0 Å². The topological polar surface area (TPSA) is 122 Å². The average Bonchev–Trinajstić information content (AvgIpc) is 3.14. The molecular formula is C11H9N7O2. The molecule has 1 aromatic carbocycles. The van der Waals surface area contributed by atoms with Gasteiger partial charge in [-0.25, -0.2) is 0 Å². The third kappa shape index (κ3) is 2.23. The normalized spacial score (nSPS) is 10.4. The van der Waals surface area contributed by atoms with Crippen LogP contribution in [0.5, 0.6) is 0 Å². The number of aromatic nitrogens is 6. The summed E-state index contributed by atoms with van der Waals surface area (Å²) in [6.07, 6.45) is 1.26.